The van der Waals surface area contributed by atoms with Gasteiger partial charge in [0, 0.05) is 0 Å². The molecule has 2 rings (SSSR count). The van der Waals surface area contributed by atoms with Crippen LogP contribution in [-0.2, 0) is 6.18 Å². The second kappa shape index (κ2) is 5.47. The Hall–Kier alpha value is -2.50. The number of rotatable bonds is 1. The van der Waals surface area contributed by atoms with Crippen LogP contribution in [0, 0.1) is 22.7 Å². The van der Waals surface area contributed by atoms with Gasteiger partial charge in [-0.05, 0) is 35.4 Å². The second-order valence-corrected chi connectivity index (χ2v) is 4.58. The van der Waals surface area contributed by atoms with Crippen molar-refractivity contribution in [3.05, 3.63) is 58.1 Å². The summed E-state index contributed by atoms with van der Waals surface area (Å²) in [5.41, 5.74) is -0.485. The van der Waals surface area contributed by atoms with E-state index in [4.69, 9.17) is 22.1 Å². The fraction of sp³-hybridized carbons (Fsp3) is 0.0667. The average Bonchev–Trinajstić information content (AvgIpc) is 2.45. The summed E-state index contributed by atoms with van der Waals surface area (Å²) in [6.07, 6.45) is -4.61. The van der Waals surface area contributed by atoms with Crippen molar-refractivity contribution in [1.82, 2.24) is 0 Å². The Morgan fingerprint density at radius 2 is 1.38 bits per heavy atom. The average molecular weight is 307 g/mol. The number of halogens is 4. The zero-order valence-corrected chi connectivity index (χ0v) is 11.1. The molecule has 0 aromatic heterocycles. The first-order chi connectivity index (χ1) is 9.86. The third kappa shape index (κ3) is 2.99. The van der Waals surface area contributed by atoms with E-state index >= 15 is 0 Å². The zero-order chi connectivity index (χ0) is 15.6. The van der Waals surface area contributed by atoms with E-state index in [2.05, 4.69) is 0 Å². The van der Waals surface area contributed by atoms with E-state index in [-0.39, 0.29) is 16.1 Å². The molecule has 0 unspecified atom stereocenters. The first-order valence-electron chi connectivity index (χ1n) is 5.68. The van der Waals surface area contributed by atoms with Gasteiger partial charge in [0.15, 0.2) is 0 Å². The number of benzene rings is 2. The third-order valence-corrected chi connectivity index (χ3v) is 3.18. The van der Waals surface area contributed by atoms with Gasteiger partial charge in [-0.2, -0.15) is 23.7 Å². The molecule has 0 saturated heterocycles. The Labute approximate surface area is 123 Å². The molecule has 0 amide bonds. The minimum Gasteiger partial charge on any atom is -0.192 e. The van der Waals surface area contributed by atoms with E-state index in [0.29, 0.717) is 5.56 Å². The Morgan fingerprint density at radius 1 is 0.857 bits per heavy atom. The van der Waals surface area contributed by atoms with Crippen LogP contribution in [0.15, 0.2) is 36.4 Å². The number of hydrogen-bond acceptors (Lipinski definition) is 2. The lowest BCUT2D eigenvalue weighted by molar-refractivity contribution is -0.137. The summed E-state index contributed by atoms with van der Waals surface area (Å²) in [5, 5.41) is 17.7. The van der Waals surface area contributed by atoms with Crippen molar-refractivity contribution in [3.63, 3.8) is 0 Å². The quantitative estimate of drug-likeness (QED) is 0.762. The van der Waals surface area contributed by atoms with Gasteiger partial charge < -0.3 is 0 Å². The third-order valence-electron chi connectivity index (χ3n) is 2.87. The van der Waals surface area contributed by atoms with E-state index in [1.165, 1.54) is 30.3 Å². The summed E-state index contributed by atoms with van der Waals surface area (Å²) in [7, 11) is 0. The van der Waals surface area contributed by atoms with Crippen LogP contribution < -0.4 is 0 Å². The Balaban J connectivity index is 2.59. The van der Waals surface area contributed by atoms with Crippen LogP contribution in [0.1, 0.15) is 16.7 Å². The maximum atomic E-state index is 12.9. The first-order valence-corrected chi connectivity index (χ1v) is 6.06. The molecule has 2 nitrogen and oxygen atoms in total. The lowest BCUT2D eigenvalue weighted by atomic mass is 9.98. The normalized spacial score (nSPS) is 10.8. The fourth-order valence-corrected chi connectivity index (χ4v) is 2.06. The smallest absolute Gasteiger partial charge is 0.192 e. The fourth-order valence-electron chi connectivity index (χ4n) is 1.84. The van der Waals surface area contributed by atoms with Crippen molar-refractivity contribution < 1.29 is 13.2 Å². The van der Waals surface area contributed by atoms with Crippen molar-refractivity contribution in [2.24, 2.45) is 0 Å². The number of alkyl halides is 3. The maximum Gasteiger partial charge on any atom is 0.417 e. The Morgan fingerprint density at radius 3 is 1.86 bits per heavy atom. The molecule has 6 heteroatoms. The molecular weight excluding hydrogens is 301 g/mol. The van der Waals surface area contributed by atoms with Gasteiger partial charge in [0.25, 0.3) is 0 Å². The van der Waals surface area contributed by atoms with Crippen LogP contribution in [0.3, 0.4) is 0 Å². The van der Waals surface area contributed by atoms with Crippen molar-refractivity contribution in [2.75, 3.05) is 0 Å². The molecule has 0 aliphatic rings. The van der Waals surface area contributed by atoms with Crippen molar-refractivity contribution in [2.45, 2.75) is 6.18 Å². The standard InChI is InChI=1S/C15H6ClF3N2/c16-14-6-10(2-4-12(14)8-21)9-1-3-11(7-20)13(5-9)15(17,18)19/h1-6H. The molecule has 0 spiro atoms. The monoisotopic (exact) mass is 306 g/mol. The van der Waals surface area contributed by atoms with Gasteiger partial charge >= 0.3 is 6.18 Å². The minimum absolute atomic E-state index is 0.160. The molecular formula is C15H6ClF3N2. The summed E-state index contributed by atoms with van der Waals surface area (Å²) < 4.78 is 38.7. The molecule has 0 radical (unpaired) electrons. The van der Waals surface area contributed by atoms with Crippen LogP contribution in [0.4, 0.5) is 13.2 Å². The largest absolute Gasteiger partial charge is 0.417 e. The SMILES string of the molecule is N#Cc1ccc(-c2ccc(C#N)c(C(F)(F)F)c2)cc1Cl. The highest BCUT2D eigenvalue weighted by molar-refractivity contribution is 6.32. The summed E-state index contributed by atoms with van der Waals surface area (Å²) in [6, 6.07) is 11.2. The predicted molar refractivity (Wildman–Crippen MR) is 71.3 cm³/mol. The number of hydrogen-bond donors (Lipinski definition) is 0. The highest BCUT2D eigenvalue weighted by Crippen LogP contribution is 2.35. The van der Waals surface area contributed by atoms with Gasteiger partial charge in [0.05, 0.1) is 27.8 Å². The minimum atomic E-state index is -4.61. The molecule has 0 bridgehead atoms. The second-order valence-electron chi connectivity index (χ2n) is 4.18. The molecule has 0 aliphatic heterocycles. The van der Waals surface area contributed by atoms with Gasteiger partial charge in [-0.3, -0.25) is 0 Å². The summed E-state index contributed by atoms with van der Waals surface area (Å²) >= 11 is 5.87. The van der Waals surface area contributed by atoms with Crippen LogP contribution in [-0.4, -0.2) is 0 Å². The Kier molecular flexibility index (Phi) is 3.88. The van der Waals surface area contributed by atoms with Crippen molar-refractivity contribution in [3.8, 4) is 23.3 Å². The molecule has 0 atom stereocenters. The molecule has 0 N–H and O–H groups in total. The van der Waals surface area contributed by atoms with Gasteiger partial charge in [-0.25, -0.2) is 0 Å². The van der Waals surface area contributed by atoms with Gasteiger partial charge in [0.2, 0.25) is 0 Å². The summed E-state index contributed by atoms with van der Waals surface area (Å²) in [5.74, 6) is 0. The molecule has 104 valence electrons. The van der Waals surface area contributed by atoms with Gasteiger partial charge in [0.1, 0.15) is 6.07 Å². The van der Waals surface area contributed by atoms with E-state index in [9.17, 15) is 13.2 Å². The summed E-state index contributed by atoms with van der Waals surface area (Å²) in [4.78, 5) is 0. The number of nitriles is 2. The lowest BCUT2D eigenvalue weighted by Gasteiger charge is -2.11. The molecule has 0 saturated carbocycles. The van der Waals surface area contributed by atoms with E-state index in [1.807, 2.05) is 6.07 Å². The number of nitrogens with zero attached hydrogens (tertiary/aromatic N) is 2. The molecule has 0 fully saturated rings. The van der Waals surface area contributed by atoms with Gasteiger partial charge in [-0.15, -0.1) is 0 Å². The lowest BCUT2D eigenvalue weighted by Crippen LogP contribution is -2.07. The highest BCUT2D eigenvalue weighted by Gasteiger charge is 2.33. The van der Waals surface area contributed by atoms with Crippen LogP contribution in [0.5, 0.6) is 0 Å². The van der Waals surface area contributed by atoms with Gasteiger partial charge in [-0.1, -0.05) is 23.7 Å². The van der Waals surface area contributed by atoms with E-state index in [0.717, 1.165) is 12.1 Å². The topological polar surface area (TPSA) is 47.6 Å². The van der Waals surface area contributed by atoms with Crippen molar-refractivity contribution >= 4 is 11.6 Å². The maximum absolute atomic E-state index is 12.9. The Bertz CT molecular complexity index is 783. The van der Waals surface area contributed by atoms with E-state index < -0.39 is 17.3 Å². The van der Waals surface area contributed by atoms with Crippen LogP contribution in [0.2, 0.25) is 5.02 Å². The molecule has 2 aromatic carbocycles. The van der Waals surface area contributed by atoms with E-state index in [1.54, 1.807) is 0 Å². The highest BCUT2D eigenvalue weighted by atomic mass is 35.5. The predicted octanol–water partition coefficient (Wildman–Crippen LogP) is 4.77. The molecule has 21 heavy (non-hydrogen) atoms. The molecule has 2 aromatic rings. The summed E-state index contributed by atoms with van der Waals surface area (Å²) in [6.45, 7) is 0. The van der Waals surface area contributed by atoms with Crippen LogP contribution in [0.25, 0.3) is 11.1 Å². The zero-order valence-electron chi connectivity index (χ0n) is 10.4. The molecule has 0 heterocycles. The molecule has 0 aliphatic carbocycles. The first kappa shape index (κ1) is 14.9. The van der Waals surface area contributed by atoms with Crippen LogP contribution >= 0.6 is 11.6 Å². The van der Waals surface area contributed by atoms with Crippen molar-refractivity contribution in [1.29, 1.82) is 10.5 Å².